The number of hydrogen-bond acceptors (Lipinski definition) is 4. The van der Waals surface area contributed by atoms with E-state index in [2.05, 4.69) is 4.74 Å². The molecule has 11 heteroatoms. The molecule has 1 N–H and O–H groups in total. The van der Waals surface area contributed by atoms with E-state index in [-0.39, 0.29) is 18.4 Å². The molecule has 0 radical (unpaired) electrons. The van der Waals surface area contributed by atoms with Gasteiger partial charge in [-0.3, -0.25) is 14.9 Å². The van der Waals surface area contributed by atoms with Gasteiger partial charge in [0.05, 0.1) is 11.5 Å². The highest BCUT2D eigenvalue weighted by Gasteiger charge is 2.32. The molecule has 1 saturated heterocycles. The molecule has 2 aromatic rings. The molecule has 0 aromatic heterocycles. The molecule has 29 heavy (non-hydrogen) atoms. The van der Waals surface area contributed by atoms with Crippen LogP contribution in [0.1, 0.15) is 34.7 Å². The van der Waals surface area contributed by atoms with Gasteiger partial charge >= 0.3 is 5.97 Å². The third kappa shape index (κ3) is 3.67. The van der Waals surface area contributed by atoms with Gasteiger partial charge in [0.15, 0.2) is 0 Å². The van der Waals surface area contributed by atoms with Crippen molar-refractivity contribution in [2.24, 2.45) is 0 Å². The summed E-state index contributed by atoms with van der Waals surface area (Å²) in [7, 11) is 0. The standard InChI is InChI=1S/C18H9F6NO4/c19-9-3-1-6(5-8(9)7-2-4-10(26)25-17(7)27)18(28)29-16-14(23)12(21)11(20)13(22)15(16)24/h1,3,5,7H,2,4H2,(H,25,26,27). The molecule has 1 heterocycles. The summed E-state index contributed by atoms with van der Waals surface area (Å²) >= 11 is 0. The van der Waals surface area contributed by atoms with Gasteiger partial charge in [0, 0.05) is 12.0 Å². The van der Waals surface area contributed by atoms with Crippen LogP contribution in [-0.4, -0.2) is 17.8 Å². The normalized spacial score (nSPS) is 16.6. The molecule has 0 spiro atoms. The fourth-order valence-corrected chi connectivity index (χ4v) is 2.75. The number of halogens is 6. The van der Waals surface area contributed by atoms with Gasteiger partial charge in [-0.25, -0.2) is 22.4 Å². The molecule has 152 valence electrons. The molecule has 1 fully saturated rings. The van der Waals surface area contributed by atoms with E-state index >= 15 is 0 Å². The number of ether oxygens (including phenoxy) is 1. The number of rotatable bonds is 3. The molecular weight excluding hydrogens is 408 g/mol. The SMILES string of the molecule is O=C1CCC(c2cc(C(=O)Oc3c(F)c(F)c(F)c(F)c3F)ccc2F)C(=O)N1. The molecule has 1 atom stereocenters. The van der Waals surface area contributed by atoms with E-state index in [0.717, 1.165) is 18.2 Å². The second-order valence-corrected chi connectivity index (χ2v) is 6.03. The minimum atomic E-state index is -2.43. The van der Waals surface area contributed by atoms with Crippen LogP contribution in [0.2, 0.25) is 0 Å². The Kier molecular flexibility index (Phi) is 5.31. The van der Waals surface area contributed by atoms with Crippen molar-refractivity contribution in [1.29, 1.82) is 0 Å². The fraction of sp³-hybridized carbons (Fsp3) is 0.167. The Bertz CT molecular complexity index is 1030. The highest BCUT2D eigenvalue weighted by atomic mass is 19.2. The third-order valence-corrected chi connectivity index (χ3v) is 4.21. The molecule has 1 aliphatic rings. The molecule has 2 amide bonds. The third-order valence-electron chi connectivity index (χ3n) is 4.21. The lowest BCUT2D eigenvalue weighted by Gasteiger charge is -2.21. The Balaban J connectivity index is 1.94. The van der Waals surface area contributed by atoms with Crippen LogP contribution >= 0.6 is 0 Å². The van der Waals surface area contributed by atoms with E-state index in [1.165, 1.54) is 0 Å². The van der Waals surface area contributed by atoms with Crippen molar-refractivity contribution in [2.45, 2.75) is 18.8 Å². The van der Waals surface area contributed by atoms with Crippen LogP contribution in [0.3, 0.4) is 0 Å². The van der Waals surface area contributed by atoms with E-state index < -0.39 is 69.9 Å². The Morgan fingerprint density at radius 2 is 1.52 bits per heavy atom. The molecular formula is C18H9F6NO4. The van der Waals surface area contributed by atoms with Crippen LogP contribution in [-0.2, 0) is 9.59 Å². The Morgan fingerprint density at radius 1 is 0.931 bits per heavy atom. The maximum Gasteiger partial charge on any atom is 0.343 e. The first-order chi connectivity index (χ1) is 13.6. The van der Waals surface area contributed by atoms with Gasteiger partial charge < -0.3 is 4.74 Å². The zero-order valence-corrected chi connectivity index (χ0v) is 14.1. The van der Waals surface area contributed by atoms with Crippen LogP contribution < -0.4 is 10.1 Å². The van der Waals surface area contributed by atoms with Crippen molar-refractivity contribution < 1.29 is 45.5 Å². The second kappa shape index (κ2) is 7.57. The van der Waals surface area contributed by atoms with Crippen LogP contribution in [0.15, 0.2) is 18.2 Å². The number of nitrogens with one attached hydrogen (secondary N) is 1. The van der Waals surface area contributed by atoms with Gasteiger partial charge in [-0.1, -0.05) is 0 Å². The smallest absolute Gasteiger partial charge is 0.343 e. The summed E-state index contributed by atoms with van der Waals surface area (Å²) in [6.07, 6.45) is -0.146. The second-order valence-electron chi connectivity index (χ2n) is 6.03. The van der Waals surface area contributed by atoms with E-state index in [9.17, 15) is 40.7 Å². The summed E-state index contributed by atoms with van der Waals surface area (Å²) in [5.41, 5.74) is -0.822. The fourth-order valence-electron chi connectivity index (χ4n) is 2.75. The largest absolute Gasteiger partial charge is 0.416 e. The monoisotopic (exact) mass is 417 g/mol. The number of esters is 1. The Morgan fingerprint density at radius 3 is 2.10 bits per heavy atom. The van der Waals surface area contributed by atoms with Crippen molar-refractivity contribution >= 4 is 17.8 Å². The molecule has 0 bridgehead atoms. The zero-order valence-electron chi connectivity index (χ0n) is 14.1. The predicted octanol–water partition coefficient (Wildman–Crippen LogP) is 3.26. The number of benzene rings is 2. The maximum atomic E-state index is 14.1. The minimum Gasteiger partial charge on any atom is -0.416 e. The van der Waals surface area contributed by atoms with Gasteiger partial charge in [0.2, 0.25) is 46.6 Å². The lowest BCUT2D eigenvalue weighted by atomic mass is 9.89. The first kappa shape index (κ1) is 20.4. The number of amides is 2. The van der Waals surface area contributed by atoms with Gasteiger partial charge in [0.25, 0.3) is 0 Å². The van der Waals surface area contributed by atoms with Gasteiger partial charge in [0.1, 0.15) is 5.82 Å². The van der Waals surface area contributed by atoms with Crippen LogP contribution in [0, 0.1) is 34.9 Å². The number of hydrogen-bond donors (Lipinski definition) is 1. The highest BCUT2D eigenvalue weighted by Crippen LogP contribution is 2.31. The number of imide groups is 1. The molecule has 1 unspecified atom stereocenters. The summed E-state index contributed by atoms with van der Waals surface area (Å²) in [4.78, 5) is 35.2. The van der Waals surface area contributed by atoms with Crippen molar-refractivity contribution in [3.8, 4) is 5.75 Å². The number of carbonyl (C=O) groups excluding carboxylic acids is 3. The molecule has 1 aliphatic heterocycles. The zero-order chi connectivity index (χ0) is 21.5. The van der Waals surface area contributed by atoms with Gasteiger partial charge in [-0.05, 0) is 24.6 Å². The van der Waals surface area contributed by atoms with E-state index in [0.29, 0.717) is 0 Å². The Labute approximate surface area is 158 Å². The predicted molar refractivity (Wildman–Crippen MR) is 82.7 cm³/mol. The molecule has 3 rings (SSSR count). The first-order valence-electron chi connectivity index (χ1n) is 7.98. The molecule has 5 nitrogen and oxygen atoms in total. The van der Waals surface area contributed by atoms with Crippen molar-refractivity contribution in [3.63, 3.8) is 0 Å². The van der Waals surface area contributed by atoms with Crippen LogP contribution in [0.25, 0.3) is 0 Å². The number of piperidine rings is 1. The summed E-state index contributed by atoms with van der Waals surface area (Å²) in [5.74, 6) is -18.6. The topological polar surface area (TPSA) is 72.5 Å². The number of carbonyl (C=O) groups is 3. The quantitative estimate of drug-likeness (QED) is 0.208. The van der Waals surface area contributed by atoms with Gasteiger partial charge in [-0.15, -0.1) is 0 Å². The molecule has 2 aromatic carbocycles. The van der Waals surface area contributed by atoms with Crippen LogP contribution in [0.4, 0.5) is 26.3 Å². The summed E-state index contributed by atoms with van der Waals surface area (Å²) < 4.78 is 85.2. The Hall–Kier alpha value is -3.37. The van der Waals surface area contributed by atoms with Crippen molar-refractivity contribution in [3.05, 3.63) is 64.2 Å². The lowest BCUT2D eigenvalue weighted by molar-refractivity contribution is -0.134. The summed E-state index contributed by atoms with van der Waals surface area (Å²) in [6.45, 7) is 0. The minimum absolute atomic E-state index is 0.0578. The molecule has 0 saturated carbocycles. The highest BCUT2D eigenvalue weighted by molar-refractivity contribution is 6.01. The van der Waals surface area contributed by atoms with E-state index in [1.54, 1.807) is 0 Å². The maximum absolute atomic E-state index is 14.1. The van der Waals surface area contributed by atoms with Crippen molar-refractivity contribution in [2.75, 3.05) is 0 Å². The average molecular weight is 417 g/mol. The lowest BCUT2D eigenvalue weighted by Crippen LogP contribution is -2.39. The summed E-state index contributed by atoms with van der Waals surface area (Å²) in [6, 6.07) is 2.43. The van der Waals surface area contributed by atoms with Crippen LogP contribution in [0.5, 0.6) is 5.75 Å². The van der Waals surface area contributed by atoms with Gasteiger partial charge in [-0.2, -0.15) is 8.78 Å². The van der Waals surface area contributed by atoms with E-state index in [1.807, 2.05) is 5.32 Å². The first-order valence-corrected chi connectivity index (χ1v) is 7.98. The molecule has 0 aliphatic carbocycles. The summed E-state index contributed by atoms with van der Waals surface area (Å²) in [5, 5.41) is 2.00. The average Bonchev–Trinajstić information content (AvgIpc) is 2.69. The van der Waals surface area contributed by atoms with Crippen molar-refractivity contribution in [1.82, 2.24) is 5.32 Å². The van der Waals surface area contributed by atoms with E-state index in [4.69, 9.17) is 0 Å².